The summed E-state index contributed by atoms with van der Waals surface area (Å²) < 4.78 is 38.8. The van der Waals surface area contributed by atoms with Gasteiger partial charge in [0.05, 0.1) is 19.6 Å². The van der Waals surface area contributed by atoms with Crippen LogP contribution in [0.4, 0.5) is 13.2 Å². The van der Waals surface area contributed by atoms with E-state index in [1.807, 2.05) is 17.5 Å². The number of benzene rings is 1. The van der Waals surface area contributed by atoms with Crippen LogP contribution >= 0.6 is 11.3 Å². The zero-order chi connectivity index (χ0) is 28.1. The highest BCUT2D eigenvalue weighted by Crippen LogP contribution is 2.44. The smallest absolute Gasteiger partial charge is 0.430 e. The molecule has 2 bridgehead atoms. The maximum absolute atomic E-state index is 13.5. The standard InChI is InChI=1S/C27H36NO3S.C2HF3O2/c29-26(27(30,23-11-4-5-12-23)25-13-7-19-32-25)31-24-20-28(17-14-22(24)15-18-28)16-6-10-21-8-2-1-3-9-21;3-2(4,5)1(6)7/h1-3,7-9,13,19,22-24,30H,4-6,10-12,14-18,20H2;(H,6,7)/q+1;/p-1/t22?,24-,27-,28?;/m0./s1. The molecule has 4 aliphatic rings. The molecule has 1 aliphatic carbocycles. The molecule has 0 unspecified atom stereocenters. The molecule has 214 valence electrons. The first-order chi connectivity index (χ1) is 18.5. The fourth-order valence-corrected chi connectivity index (χ4v) is 7.36. The molecule has 1 aromatic heterocycles. The van der Waals surface area contributed by atoms with Crippen molar-refractivity contribution >= 4 is 23.3 Å². The van der Waals surface area contributed by atoms with Crippen LogP contribution in [0.15, 0.2) is 47.8 Å². The summed E-state index contributed by atoms with van der Waals surface area (Å²) in [6.07, 6.45) is 3.24. The van der Waals surface area contributed by atoms with Crippen LogP contribution in [-0.2, 0) is 26.3 Å². The monoisotopic (exact) mass is 567 g/mol. The minimum absolute atomic E-state index is 0.0243. The number of carbonyl (C=O) groups excluding carboxylic acids is 2. The fourth-order valence-electron chi connectivity index (χ4n) is 6.47. The second-order valence-electron chi connectivity index (χ2n) is 11.1. The van der Waals surface area contributed by atoms with Crippen molar-refractivity contribution in [1.82, 2.24) is 0 Å². The van der Waals surface area contributed by atoms with Crippen molar-refractivity contribution in [3.63, 3.8) is 0 Å². The summed E-state index contributed by atoms with van der Waals surface area (Å²) in [4.78, 5) is 23.1. The number of hydrogen-bond acceptors (Lipinski definition) is 6. The van der Waals surface area contributed by atoms with Crippen LogP contribution in [0.25, 0.3) is 0 Å². The first-order valence-corrected chi connectivity index (χ1v) is 14.6. The summed E-state index contributed by atoms with van der Waals surface area (Å²) in [6.45, 7) is 4.46. The number of esters is 1. The summed E-state index contributed by atoms with van der Waals surface area (Å²) in [7, 11) is 0. The average Bonchev–Trinajstić information content (AvgIpc) is 3.65. The number of piperidine rings is 3. The van der Waals surface area contributed by atoms with E-state index in [1.165, 1.54) is 30.0 Å². The number of carbonyl (C=O) groups is 2. The highest BCUT2D eigenvalue weighted by Gasteiger charge is 2.53. The minimum atomic E-state index is -5.19. The van der Waals surface area contributed by atoms with Crippen LogP contribution < -0.4 is 5.11 Å². The zero-order valence-electron chi connectivity index (χ0n) is 21.9. The fraction of sp³-hybridized carbons (Fsp3) is 0.586. The van der Waals surface area contributed by atoms with E-state index in [1.54, 1.807) is 0 Å². The molecule has 4 fully saturated rings. The van der Waals surface area contributed by atoms with Crippen molar-refractivity contribution in [3.8, 4) is 0 Å². The minimum Gasteiger partial charge on any atom is -0.542 e. The van der Waals surface area contributed by atoms with Crippen LogP contribution in [-0.4, -0.2) is 60.0 Å². The molecule has 1 saturated carbocycles. The molecule has 2 atom stereocenters. The molecule has 6 nitrogen and oxygen atoms in total. The number of hydrogen-bond donors (Lipinski definition) is 1. The number of thiophene rings is 1. The third-order valence-corrected chi connectivity index (χ3v) is 9.62. The number of fused-ring (bicyclic) bond motifs is 3. The molecular formula is C29H36F3NO5S. The Bertz CT molecular complexity index is 1080. The second-order valence-corrected chi connectivity index (χ2v) is 12.0. The van der Waals surface area contributed by atoms with Gasteiger partial charge in [0.2, 0.25) is 0 Å². The van der Waals surface area contributed by atoms with E-state index in [2.05, 4.69) is 30.3 Å². The van der Waals surface area contributed by atoms with Gasteiger partial charge in [-0.25, -0.2) is 4.79 Å². The second kappa shape index (κ2) is 12.4. The summed E-state index contributed by atoms with van der Waals surface area (Å²) in [5.74, 6) is -2.98. The van der Waals surface area contributed by atoms with Gasteiger partial charge in [0.1, 0.15) is 12.5 Å². The van der Waals surface area contributed by atoms with Gasteiger partial charge >= 0.3 is 12.1 Å². The number of carboxylic acid groups (broad SMARTS) is 1. The number of quaternary nitrogens is 1. The molecule has 1 aromatic carbocycles. The van der Waals surface area contributed by atoms with Crippen LogP contribution in [0.2, 0.25) is 0 Å². The highest BCUT2D eigenvalue weighted by atomic mass is 32.1. The Morgan fingerprint density at radius 3 is 2.23 bits per heavy atom. The largest absolute Gasteiger partial charge is 0.542 e. The Morgan fingerprint density at radius 1 is 1.03 bits per heavy atom. The van der Waals surface area contributed by atoms with Gasteiger partial charge in [0.25, 0.3) is 0 Å². The average molecular weight is 568 g/mol. The van der Waals surface area contributed by atoms with Crippen LogP contribution in [0.1, 0.15) is 55.4 Å². The van der Waals surface area contributed by atoms with Gasteiger partial charge < -0.3 is 24.2 Å². The quantitative estimate of drug-likeness (QED) is 0.382. The van der Waals surface area contributed by atoms with Crippen LogP contribution in [0.5, 0.6) is 0 Å². The van der Waals surface area contributed by atoms with Crippen molar-refractivity contribution < 1.29 is 42.2 Å². The molecule has 3 aliphatic heterocycles. The number of rotatable bonds is 8. The van der Waals surface area contributed by atoms with Crippen molar-refractivity contribution in [3.05, 3.63) is 58.3 Å². The lowest BCUT2D eigenvalue weighted by molar-refractivity contribution is -0.946. The number of aryl methyl sites for hydroxylation is 1. The van der Waals surface area contributed by atoms with Gasteiger partial charge in [-0.3, -0.25) is 0 Å². The molecule has 0 spiro atoms. The van der Waals surface area contributed by atoms with Crippen molar-refractivity contribution in [2.24, 2.45) is 11.8 Å². The number of aliphatic hydroxyl groups is 1. The molecule has 4 heterocycles. The Labute approximate surface area is 231 Å². The third-order valence-electron chi connectivity index (χ3n) is 8.63. The van der Waals surface area contributed by atoms with E-state index in [0.717, 1.165) is 73.8 Å². The molecule has 3 saturated heterocycles. The first-order valence-electron chi connectivity index (χ1n) is 13.7. The number of carboxylic acids is 1. The van der Waals surface area contributed by atoms with Crippen molar-refractivity contribution in [2.45, 2.75) is 69.2 Å². The molecule has 0 amide bonds. The molecule has 39 heavy (non-hydrogen) atoms. The molecule has 6 rings (SSSR count). The number of ether oxygens (including phenoxy) is 1. The Morgan fingerprint density at radius 2 is 1.67 bits per heavy atom. The van der Waals surface area contributed by atoms with E-state index in [4.69, 9.17) is 14.6 Å². The lowest BCUT2D eigenvalue weighted by Gasteiger charge is -2.52. The van der Waals surface area contributed by atoms with Gasteiger partial charge in [-0.05, 0) is 36.3 Å². The highest BCUT2D eigenvalue weighted by molar-refractivity contribution is 7.10. The summed E-state index contributed by atoms with van der Waals surface area (Å²) in [5, 5.41) is 22.4. The predicted molar refractivity (Wildman–Crippen MR) is 138 cm³/mol. The van der Waals surface area contributed by atoms with Crippen LogP contribution in [0.3, 0.4) is 0 Å². The van der Waals surface area contributed by atoms with Crippen LogP contribution in [0, 0.1) is 11.8 Å². The number of halogens is 3. The van der Waals surface area contributed by atoms with Gasteiger partial charge in [-0.2, -0.15) is 13.2 Å². The van der Waals surface area contributed by atoms with E-state index < -0.39 is 23.7 Å². The summed E-state index contributed by atoms with van der Waals surface area (Å²) >= 11 is 1.48. The Hall–Kier alpha value is -2.43. The molecule has 1 N–H and O–H groups in total. The van der Waals surface area contributed by atoms with Crippen molar-refractivity contribution in [1.29, 1.82) is 0 Å². The summed E-state index contributed by atoms with van der Waals surface area (Å²) in [5.41, 5.74) is -0.0763. The van der Waals surface area contributed by atoms with Gasteiger partial charge in [-0.15, -0.1) is 11.3 Å². The van der Waals surface area contributed by atoms with E-state index in [-0.39, 0.29) is 12.0 Å². The maximum Gasteiger partial charge on any atom is 0.430 e. The van der Waals surface area contributed by atoms with Gasteiger partial charge in [0, 0.05) is 36.0 Å². The van der Waals surface area contributed by atoms with Crippen molar-refractivity contribution in [2.75, 3.05) is 26.2 Å². The molecule has 10 heteroatoms. The Balaban J connectivity index is 0.000000448. The number of nitrogens with zero attached hydrogens (tertiary/aromatic N) is 1. The molecular weight excluding hydrogens is 531 g/mol. The molecule has 2 aromatic rings. The van der Waals surface area contributed by atoms with Gasteiger partial charge in [0.15, 0.2) is 11.7 Å². The van der Waals surface area contributed by atoms with E-state index >= 15 is 0 Å². The third kappa shape index (κ3) is 7.02. The lowest BCUT2D eigenvalue weighted by Crippen LogP contribution is -2.65. The number of aliphatic carboxylic acids is 1. The predicted octanol–water partition coefficient (Wildman–Crippen LogP) is 4.21. The first kappa shape index (κ1) is 29.6. The maximum atomic E-state index is 13.5. The van der Waals surface area contributed by atoms with E-state index in [0.29, 0.717) is 5.92 Å². The Kier molecular flexibility index (Phi) is 9.39. The van der Waals surface area contributed by atoms with Gasteiger partial charge in [-0.1, -0.05) is 49.2 Å². The SMILES string of the molecule is O=C(O[C@H]1C[N+]2(CCCc3ccccc3)CCC1CC2)[C@@](O)(c1cccs1)C1CCCC1.O=C([O-])C(F)(F)F. The molecule has 0 radical (unpaired) electrons. The van der Waals surface area contributed by atoms with E-state index in [9.17, 15) is 23.1 Å². The number of alkyl halides is 3. The zero-order valence-corrected chi connectivity index (χ0v) is 22.7. The lowest BCUT2D eigenvalue weighted by atomic mass is 9.81. The summed E-state index contributed by atoms with van der Waals surface area (Å²) in [6, 6.07) is 14.5. The normalized spacial score (nSPS) is 26.4. The topological polar surface area (TPSA) is 86.7 Å².